The normalized spacial score (nSPS) is 19.8. The zero-order valence-corrected chi connectivity index (χ0v) is 21.7. The van der Waals surface area contributed by atoms with Crippen LogP contribution in [-0.2, 0) is 4.74 Å². The van der Waals surface area contributed by atoms with Gasteiger partial charge in [0, 0.05) is 29.0 Å². The molecule has 0 saturated carbocycles. The minimum atomic E-state index is -0.945. The fourth-order valence-corrected chi connectivity index (χ4v) is 5.18. The summed E-state index contributed by atoms with van der Waals surface area (Å²) >= 11 is 0. The Morgan fingerprint density at radius 3 is 2.68 bits per heavy atom. The van der Waals surface area contributed by atoms with Crippen LogP contribution in [0.1, 0.15) is 78.3 Å². The molecule has 3 atom stereocenters. The highest BCUT2D eigenvalue weighted by molar-refractivity contribution is 6.29. The Bertz CT molecular complexity index is 1280. The van der Waals surface area contributed by atoms with Crippen molar-refractivity contribution in [3.8, 4) is 11.5 Å². The van der Waals surface area contributed by atoms with E-state index in [0.717, 1.165) is 31.3 Å². The predicted octanol–water partition coefficient (Wildman–Crippen LogP) is 6.41. The molecule has 0 bridgehead atoms. The van der Waals surface area contributed by atoms with E-state index >= 15 is 0 Å². The Hall–Kier alpha value is -3.25. The van der Waals surface area contributed by atoms with Crippen LogP contribution >= 0.6 is 0 Å². The van der Waals surface area contributed by atoms with E-state index in [1.54, 1.807) is 24.3 Å². The number of hydrogen-bond acceptors (Lipinski definition) is 6. The zero-order chi connectivity index (χ0) is 25.8. The second-order valence-electron chi connectivity index (χ2n) is 10.2. The van der Waals surface area contributed by atoms with Crippen molar-refractivity contribution in [1.29, 1.82) is 0 Å². The first kappa shape index (κ1) is 25.4. The number of rotatable bonds is 11. The number of carbonyl (C=O) groups excluding carboxylic acids is 2. The van der Waals surface area contributed by atoms with Crippen LogP contribution in [0.25, 0.3) is 10.9 Å². The number of para-hydroxylation sites is 1. The Balaban J connectivity index is 1.36. The minimum Gasteiger partial charge on any atom is -0.493 e. The van der Waals surface area contributed by atoms with Crippen molar-refractivity contribution in [3.63, 3.8) is 0 Å². The smallest absolute Gasteiger partial charge is 0.180 e. The molecule has 1 aliphatic heterocycles. The largest absolute Gasteiger partial charge is 0.493 e. The molecule has 2 heterocycles. The monoisotopic (exact) mass is 501 g/mol. The molecule has 6 heteroatoms. The van der Waals surface area contributed by atoms with E-state index in [1.807, 2.05) is 24.3 Å². The molecule has 1 aliphatic carbocycles. The molecule has 1 saturated heterocycles. The predicted molar refractivity (Wildman–Crippen MR) is 143 cm³/mol. The SMILES string of the molecule is CCCCC(CC)COc1cccc2ccc(C3C(=O)c4ccc(OCC5CCOC5)cc4C3=O)nc12. The van der Waals surface area contributed by atoms with Gasteiger partial charge in [0.05, 0.1) is 25.5 Å². The highest BCUT2D eigenvalue weighted by atomic mass is 16.5. The second kappa shape index (κ2) is 11.4. The number of ether oxygens (including phenoxy) is 3. The molecule has 0 N–H and O–H groups in total. The van der Waals surface area contributed by atoms with Gasteiger partial charge in [-0.1, -0.05) is 51.3 Å². The van der Waals surface area contributed by atoms with Gasteiger partial charge in [0.1, 0.15) is 22.9 Å². The molecule has 0 spiro atoms. The summed E-state index contributed by atoms with van der Waals surface area (Å²) in [6.07, 6.45) is 5.53. The highest BCUT2D eigenvalue weighted by Crippen LogP contribution is 2.37. The topological polar surface area (TPSA) is 74.7 Å². The van der Waals surface area contributed by atoms with Gasteiger partial charge in [-0.3, -0.25) is 9.59 Å². The highest BCUT2D eigenvalue weighted by Gasteiger charge is 2.41. The van der Waals surface area contributed by atoms with E-state index in [9.17, 15) is 9.59 Å². The molecule has 2 aliphatic rings. The number of nitrogens with zero attached hydrogens (tertiary/aromatic N) is 1. The molecule has 194 valence electrons. The summed E-state index contributed by atoms with van der Waals surface area (Å²) < 4.78 is 17.6. The lowest BCUT2D eigenvalue weighted by atomic mass is 9.98. The van der Waals surface area contributed by atoms with Crippen LogP contribution in [0.2, 0.25) is 0 Å². The van der Waals surface area contributed by atoms with Gasteiger partial charge in [0.2, 0.25) is 0 Å². The summed E-state index contributed by atoms with van der Waals surface area (Å²) in [6, 6.07) is 14.7. The van der Waals surface area contributed by atoms with Crippen molar-refractivity contribution < 1.29 is 23.8 Å². The van der Waals surface area contributed by atoms with Crippen LogP contribution in [0.4, 0.5) is 0 Å². The lowest BCUT2D eigenvalue weighted by Gasteiger charge is -2.17. The lowest BCUT2D eigenvalue weighted by molar-refractivity contribution is 0.0888. The molecule has 1 fully saturated rings. The number of unbranched alkanes of at least 4 members (excludes halogenated alkanes) is 1. The molecule has 3 unspecified atom stereocenters. The van der Waals surface area contributed by atoms with Crippen LogP contribution in [0, 0.1) is 11.8 Å². The van der Waals surface area contributed by atoms with Gasteiger partial charge in [0.15, 0.2) is 11.6 Å². The number of fused-ring (bicyclic) bond motifs is 2. The van der Waals surface area contributed by atoms with Gasteiger partial charge in [-0.05, 0) is 49.1 Å². The van der Waals surface area contributed by atoms with Crippen LogP contribution in [-0.4, -0.2) is 43.0 Å². The van der Waals surface area contributed by atoms with E-state index in [4.69, 9.17) is 19.2 Å². The lowest BCUT2D eigenvalue weighted by Crippen LogP contribution is -2.15. The van der Waals surface area contributed by atoms with Crippen LogP contribution < -0.4 is 9.47 Å². The summed E-state index contributed by atoms with van der Waals surface area (Å²) in [4.78, 5) is 31.5. The third kappa shape index (κ3) is 5.40. The summed E-state index contributed by atoms with van der Waals surface area (Å²) in [5.74, 6) is 0.745. The summed E-state index contributed by atoms with van der Waals surface area (Å²) in [6.45, 7) is 7.02. The third-order valence-electron chi connectivity index (χ3n) is 7.57. The number of hydrogen-bond donors (Lipinski definition) is 0. The number of aromatic nitrogens is 1. The van der Waals surface area contributed by atoms with Crippen LogP contribution in [0.5, 0.6) is 11.5 Å². The van der Waals surface area contributed by atoms with Crippen molar-refractivity contribution in [3.05, 3.63) is 65.4 Å². The maximum absolute atomic E-state index is 13.4. The van der Waals surface area contributed by atoms with E-state index in [1.165, 1.54) is 12.8 Å². The number of Topliss-reactive ketones (excluding diaryl/α,β-unsaturated/α-hetero) is 2. The van der Waals surface area contributed by atoms with E-state index < -0.39 is 5.92 Å². The molecule has 0 radical (unpaired) electrons. The van der Waals surface area contributed by atoms with E-state index in [2.05, 4.69) is 13.8 Å². The first-order chi connectivity index (χ1) is 18.1. The fourth-order valence-electron chi connectivity index (χ4n) is 5.18. The molecule has 6 nitrogen and oxygen atoms in total. The molecule has 5 rings (SSSR count). The van der Waals surface area contributed by atoms with Gasteiger partial charge in [-0.25, -0.2) is 4.98 Å². The van der Waals surface area contributed by atoms with Gasteiger partial charge >= 0.3 is 0 Å². The van der Waals surface area contributed by atoms with Crippen LogP contribution in [0.15, 0.2) is 48.5 Å². The van der Waals surface area contributed by atoms with Crippen LogP contribution in [0.3, 0.4) is 0 Å². The van der Waals surface area contributed by atoms with Gasteiger partial charge in [-0.2, -0.15) is 0 Å². The fraction of sp³-hybridized carbons (Fsp3) is 0.452. The first-order valence-electron chi connectivity index (χ1n) is 13.5. The Morgan fingerprint density at radius 1 is 1.03 bits per heavy atom. The maximum atomic E-state index is 13.4. The molecular weight excluding hydrogens is 466 g/mol. The average molecular weight is 502 g/mol. The van der Waals surface area contributed by atoms with Crippen molar-refractivity contribution in [2.24, 2.45) is 11.8 Å². The first-order valence-corrected chi connectivity index (χ1v) is 13.5. The second-order valence-corrected chi connectivity index (χ2v) is 10.2. The van der Waals surface area contributed by atoms with Crippen molar-refractivity contribution >= 4 is 22.5 Å². The summed E-state index contributed by atoms with van der Waals surface area (Å²) in [5, 5.41) is 0.921. The quantitative estimate of drug-likeness (QED) is 0.283. The van der Waals surface area contributed by atoms with E-state index in [-0.39, 0.29) is 11.6 Å². The zero-order valence-electron chi connectivity index (χ0n) is 21.7. The van der Waals surface area contributed by atoms with Crippen molar-refractivity contribution in [2.75, 3.05) is 26.4 Å². The minimum absolute atomic E-state index is 0.216. The standard InChI is InChI=1S/C31H35NO5/c1-3-5-7-20(4-2)18-37-27-9-6-8-22-10-13-26(32-29(22)27)28-30(33)24-12-11-23(16-25(24)31(28)34)36-19-21-14-15-35-17-21/h6,8-13,16,20-21,28H,3-5,7,14-15,17-19H2,1-2H3. The maximum Gasteiger partial charge on any atom is 0.180 e. The van der Waals surface area contributed by atoms with E-state index in [0.29, 0.717) is 65.5 Å². The van der Waals surface area contributed by atoms with Crippen molar-refractivity contribution in [1.82, 2.24) is 4.98 Å². The van der Waals surface area contributed by atoms with Crippen molar-refractivity contribution in [2.45, 2.75) is 51.9 Å². The number of benzene rings is 2. The molecule has 2 aromatic carbocycles. The van der Waals surface area contributed by atoms with Gasteiger partial charge < -0.3 is 14.2 Å². The third-order valence-corrected chi connectivity index (χ3v) is 7.57. The number of ketones is 2. The molecule has 0 amide bonds. The molecular formula is C31H35NO5. The summed E-state index contributed by atoms with van der Waals surface area (Å²) in [5.41, 5.74) is 1.98. The number of pyridine rings is 1. The Morgan fingerprint density at radius 2 is 1.89 bits per heavy atom. The van der Waals surface area contributed by atoms with Gasteiger partial charge in [0.25, 0.3) is 0 Å². The average Bonchev–Trinajstić information content (AvgIpc) is 3.53. The van der Waals surface area contributed by atoms with Gasteiger partial charge in [-0.15, -0.1) is 0 Å². The molecule has 3 aromatic rings. The Labute approximate surface area is 218 Å². The summed E-state index contributed by atoms with van der Waals surface area (Å²) in [7, 11) is 0. The number of carbonyl (C=O) groups is 2. The Kier molecular flexibility index (Phi) is 7.85. The molecule has 1 aromatic heterocycles. The molecule has 37 heavy (non-hydrogen) atoms.